The molecule has 2 aromatic rings. The molecular formula is C20H24N3O4+. The van der Waals surface area contributed by atoms with Gasteiger partial charge in [0.05, 0.1) is 20.3 Å². The molecule has 1 saturated heterocycles. The van der Waals surface area contributed by atoms with Gasteiger partial charge in [-0.05, 0) is 48.5 Å². The van der Waals surface area contributed by atoms with Gasteiger partial charge in [0.2, 0.25) is 0 Å². The van der Waals surface area contributed by atoms with Crippen LogP contribution in [0.3, 0.4) is 0 Å². The first-order valence-corrected chi connectivity index (χ1v) is 8.90. The Morgan fingerprint density at radius 2 is 1.56 bits per heavy atom. The molecule has 0 aromatic heterocycles. The molecule has 0 bridgehead atoms. The van der Waals surface area contributed by atoms with E-state index in [1.807, 2.05) is 0 Å². The average molecular weight is 370 g/mol. The highest BCUT2D eigenvalue weighted by atomic mass is 16.5. The van der Waals surface area contributed by atoms with Crippen molar-refractivity contribution in [2.24, 2.45) is 0 Å². The molecule has 7 nitrogen and oxygen atoms in total. The molecule has 1 heterocycles. The van der Waals surface area contributed by atoms with Crippen LogP contribution < -0.4 is 20.3 Å². The van der Waals surface area contributed by atoms with Crippen LogP contribution >= 0.6 is 0 Å². The molecule has 7 heteroatoms. The first-order valence-electron chi connectivity index (χ1n) is 8.90. The van der Waals surface area contributed by atoms with Crippen LogP contribution in [0.5, 0.6) is 5.75 Å². The summed E-state index contributed by atoms with van der Waals surface area (Å²) in [6.45, 7) is 3.50. The van der Waals surface area contributed by atoms with E-state index in [9.17, 15) is 9.59 Å². The summed E-state index contributed by atoms with van der Waals surface area (Å²) in [6.07, 6.45) is 0. The zero-order valence-electron chi connectivity index (χ0n) is 15.3. The van der Waals surface area contributed by atoms with Crippen molar-refractivity contribution in [1.29, 1.82) is 0 Å². The molecule has 2 aromatic carbocycles. The number of ether oxygens (including phenoxy) is 2. The van der Waals surface area contributed by atoms with Crippen LogP contribution in [0.15, 0.2) is 48.5 Å². The summed E-state index contributed by atoms with van der Waals surface area (Å²) in [5, 5.41) is 5.70. The fraction of sp³-hybridized carbons (Fsp3) is 0.300. The predicted octanol–water partition coefficient (Wildman–Crippen LogP) is 0.801. The van der Waals surface area contributed by atoms with Gasteiger partial charge in [-0.2, -0.15) is 0 Å². The summed E-state index contributed by atoms with van der Waals surface area (Å²) >= 11 is 0. The molecule has 3 N–H and O–H groups in total. The van der Waals surface area contributed by atoms with E-state index < -0.39 is 0 Å². The monoisotopic (exact) mass is 370 g/mol. The minimum Gasteiger partial charge on any atom is -0.497 e. The standard InChI is InChI=1S/C20H23N3O4/c1-26-18-8-6-17(7-9-18)22-20(25)15-2-4-16(5-3-15)21-19(24)14-23-10-12-27-13-11-23/h2-9H,10-14H2,1H3,(H,21,24)(H,22,25)/p+1. The van der Waals surface area contributed by atoms with E-state index in [4.69, 9.17) is 9.47 Å². The lowest BCUT2D eigenvalue weighted by molar-refractivity contribution is -0.899. The lowest BCUT2D eigenvalue weighted by Gasteiger charge is -2.23. The van der Waals surface area contributed by atoms with E-state index in [1.54, 1.807) is 55.6 Å². The summed E-state index contributed by atoms with van der Waals surface area (Å²) in [7, 11) is 1.59. The van der Waals surface area contributed by atoms with Crippen molar-refractivity contribution in [3.63, 3.8) is 0 Å². The van der Waals surface area contributed by atoms with Gasteiger partial charge in [0.25, 0.3) is 11.8 Å². The molecule has 0 saturated carbocycles. The Balaban J connectivity index is 1.52. The Labute approximate surface area is 158 Å². The zero-order chi connectivity index (χ0) is 19.1. The second kappa shape index (κ2) is 9.16. The van der Waals surface area contributed by atoms with Gasteiger partial charge in [-0.3, -0.25) is 9.59 Å². The molecule has 27 heavy (non-hydrogen) atoms. The van der Waals surface area contributed by atoms with Crippen molar-refractivity contribution in [1.82, 2.24) is 0 Å². The summed E-state index contributed by atoms with van der Waals surface area (Å²) in [4.78, 5) is 25.7. The molecule has 0 spiro atoms. The topological polar surface area (TPSA) is 81.1 Å². The van der Waals surface area contributed by atoms with E-state index in [2.05, 4.69) is 10.6 Å². The Bertz CT molecular complexity index is 769. The van der Waals surface area contributed by atoms with Crippen LogP contribution in [-0.4, -0.2) is 51.8 Å². The second-order valence-corrected chi connectivity index (χ2v) is 6.35. The molecule has 3 rings (SSSR count). The fourth-order valence-electron chi connectivity index (χ4n) is 2.85. The fourth-order valence-corrected chi connectivity index (χ4v) is 2.85. The van der Waals surface area contributed by atoms with E-state index in [1.165, 1.54) is 4.90 Å². The first kappa shape index (κ1) is 18.9. The number of benzene rings is 2. The number of hydrogen-bond acceptors (Lipinski definition) is 4. The van der Waals surface area contributed by atoms with Gasteiger partial charge in [-0.1, -0.05) is 0 Å². The summed E-state index contributed by atoms with van der Waals surface area (Å²) in [5.74, 6) is 0.477. The lowest BCUT2D eigenvalue weighted by atomic mass is 10.2. The second-order valence-electron chi connectivity index (χ2n) is 6.35. The zero-order valence-corrected chi connectivity index (χ0v) is 15.3. The van der Waals surface area contributed by atoms with Crippen LogP contribution in [-0.2, 0) is 9.53 Å². The van der Waals surface area contributed by atoms with Gasteiger partial charge >= 0.3 is 0 Å². The van der Waals surface area contributed by atoms with Crippen molar-refractivity contribution in [3.05, 3.63) is 54.1 Å². The Morgan fingerprint density at radius 3 is 2.19 bits per heavy atom. The number of carbonyl (C=O) groups excluding carboxylic acids is 2. The smallest absolute Gasteiger partial charge is 0.279 e. The van der Waals surface area contributed by atoms with E-state index >= 15 is 0 Å². The number of carbonyl (C=O) groups is 2. The molecule has 0 atom stereocenters. The molecule has 0 aliphatic carbocycles. The van der Waals surface area contributed by atoms with Crippen molar-refractivity contribution in [3.8, 4) is 5.75 Å². The normalized spacial score (nSPS) is 14.4. The molecule has 0 radical (unpaired) electrons. The highest BCUT2D eigenvalue weighted by Gasteiger charge is 2.17. The van der Waals surface area contributed by atoms with E-state index in [-0.39, 0.29) is 11.8 Å². The number of rotatable bonds is 6. The molecule has 2 amide bonds. The van der Waals surface area contributed by atoms with E-state index in [0.29, 0.717) is 36.7 Å². The summed E-state index contributed by atoms with van der Waals surface area (Å²) in [6, 6.07) is 14.0. The van der Waals surface area contributed by atoms with Crippen LogP contribution in [0.2, 0.25) is 0 Å². The van der Waals surface area contributed by atoms with Crippen molar-refractivity contribution < 1.29 is 24.0 Å². The highest BCUT2D eigenvalue weighted by molar-refractivity contribution is 6.04. The average Bonchev–Trinajstić information content (AvgIpc) is 2.70. The number of hydrogen-bond donors (Lipinski definition) is 3. The number of morpholine rings is 1. The van der Waals surface area contributed by atoms with Gasteiger partial charge in [0.15, 0.2) is 6.54 Å². The number of quaternary nitrogens is 1. The quantitative estimate of drug-likeness (QED) is 0.703. The van der Waals surface area contributed by atoms with Crippen molar-refractivity contribution in [2.45, 2.75) is 0 Å². The van der Waals surface area contributed by atoms with Gasteiger partial charge in [-0.15, -0.1) is 0 Å². The predicted molar refractivity (Wildman–Crippen MR) is 102 cm³/mol. The maximum absolute atomic E-state index is 12.3. The maximum atomic E-state index is 12.3. The minimum atomic E-state index is -0.212. The number of amides is 2. The van der Waals surface area contributed by atoms with Crippen LogP contribution in [0.1, 0.15) is 10.4 Å². The van der Waals surface area contributed by atoms with Gasteiger partial charge in [-0.25, -0.2) is 0 Å². The van der Waals surface area contributed by atoms with Gasteiger partial charge < -0.3 is 25.0 Å². The molecule has 142 valence electrons. The highest BCUT2D eigenvalue weighted by Crippen LogP contribution is 2.16. The molecule has 1 aliphatic rings. The Hall–Kier alpha value is -2.90. The Morgan fingerprint density at radius 1 is 0.963 bits per heavy atom. The third kappa shape index (κ3) is 5.54. The molecule has 0 unspecified atom stereocenters. The van der Waals surface area contributed by atoms with Gasteiger partial charge in [0.1, 0.15) is 18.8 Å². The number of methoxy groups -OCH3 is 1. The maximum Gasteiger partial charge on any atom is 0.279 e. The first-order chi connectivity index (χ1) is 13.1. The minimum absolute atomic E-state index is 0.0395. The lowest BCUT2D eigenvalue weighted by Crippen LogP contribution is -3.15. The van der Waals surface area contributed by atoms with Crippen molar-refractivity contribution in [2.75, 3.05) is 50.6 Å². The molecule has 1 fully saturated rings. The van der Waals surface area contributed by atoms with E-state index in [0.717, 1.165) is 18.8 Å². The number of nitrogens with one attached hydrogen (secondary N) is 3. The summed E-state index contributed by atoms with van der Waals surface area (Å²) in [5.41, 5.74) is 1.88. The van der Waals surface area contributed by atoms with Crippen molar-refractivity contribution >= 4 is 23.2 Å². The Kier molecular flexibility index (Phi) is 6.40. The third-order valence-corrected chi connectivity index (χ3v) is 4.39. The summed E-state index contributed by atoms with van der Waals surface area (Å²) < 4.78 is 10.4. The van der Waals surface area contributed by atoms with Crippen LogP contribution in [0.4, 0.5) is 11.4 Å². The molecule has 1 aliphatic heterocycles. The van der Waals surface area contributed by atoms with Gasteiger partial charge in [0, 0.05) is 16.9 Å². The largest absolute Gasteiger partial charge is 0.497 e. The van der Waals surface area contributed by atoms with Crippen LogP contribution in [0.25, 0.3) is 0 Å². The number of anilines is 2. The third-order valence-electron chi connectivity index (χ3n) is 4.39. The SMILES string of the molecule is COc1ccc(NC(=O)c2ccc(NC(=O)C[NH+]3CCOCC3)cc2)cc1. The molecular weight excluding hydrogens is 346 g/mol. The van der Waals surface area contributed by atoms with Crippen LogP contribution in [0, 0.1) is 0 Å².